The van der Waals surface area contributed by atoms with Crippen molar-refractivity contribution >= 4 is 28.4 Å². The van der Waals surface area contributed by atoms with Gasteiger partial charge in [0, 0.05) is 49.9 Å². The molecule has 1 aliphatic carbocycles. The van der Waals surface area contributed by atoms with Crippen molar-refractivity contribution in [2.24, 2.45) is 7.05 Å². The van der Waals surface area contributed by atoms with Gasteiger partial charge >= 0.3 is 0 Å². The van der Waals surface area contributed by atoms with Crippen LogP contribution in [0.3, 0.4) is 0 Å². The van der Waals surface area contributed by atoms with Crippen molar-refractivity contribution in [1.82, 2.24) is 29.5 Å². The molecule has 1 fully saturated rings. The molecule has 1 amide bonds. The van der Waals surface area contributed by atoms with Gasteiger partial charge in [-0.15, -0.1) is 0 Å². The Morgan fingerprint density at radius 2 is 2.17 bits per heavy atom. The normalized spacial score (nSPS) is 17.8. The minimum atomic E-state index is -2.87. The molecule has 30 heavy (non-hydrogen) atoms. The summed E-state index contributed by atoms with van der Waals surface area (Å²) < 4.78 is 30.6. The van der Waals surface area contributed by atoms with Crippen molar-refractivity contribution in [3.05, 3.63) is 42.4 Å². The fourth-order valence-electron chi connectivity index (χ4n) is 3.78. The molecule has 5 rings (SSSR count). The van der Waals surface area contributed by atoms with E-state index in [1.54, 1.807) is 13.2 Å². The van der Waals surface area contributed by atoms with Gasteiger partial charge in [-0.05, 0) is 18.6 Å². The average Bonchev–Trinajstić information content (AvgIpc) is 3.32. The van der Waals surface area contributed by atoms with Gasteiger partial charge in [-0.25, -0.2) is 18.7 Å². The van der Waals surface area contributed by atoms with Crippen LogP contribution in [0, 0.1) is 0 Å². The second kappa shape index (κ2) is 6.48. The van der Waals surface area contributed by atoms with Gasteiger partial charge in [-0.2, -0.15) is 9.61 Å². The van der Waals surface area contributed by atoms with Crippen LogP contribution in [0.25, 0.3) is 27.9 Å². The molecule has 8 nitrogen and oxygen atoms in total. The van der Waals surface area contributed by atoms with Crippen molar-refractivity contribution in [2.45, 2.75) is 24.8 Å². The highest BCUT2D eigenvalue weighted by Gasteiger charge is 2.49. The first-order valence-electron chi connectivity index (χ1n) is 9.54. The minimum Gasteiger partial charge on any atom is -0.373 e. The lowest BCUT2D eigenvalue weighted by atomic mass is 9.88. The van der Waals surface area contributed by atoms with E-state index in [0.29, 0.717) is 11.5 Å². The largest absolute Gasteiger partial charge is 0.373 e. The number of pyridine rings is 1. The van der Waals surface area contributed by atoms with E-state index in [0.717, 1.165) is 16.6 Å². The molecule has 0 saturated heterocycles. The van der Waals surface area contributed by atoms with Crippen LogP contribution in [0.4, 0.5) is 14.6 Å². The molecule has 0 radical (unpaired) electrons. The second-order valence-corrected chi connectivity index (χ2v) is 7.42. The van der Waals surface area contributed by atoms with Crippen LogP contribution < -0.4 is 10.6 Å². The van der Waals surface area contributed by atoms with Crippen LogP contribution in [0.15, 0.2) is 36.8 Å². The Balaban J connectivity index is 1.62. The molecule has 1 saturated carbocycles. The molecule has 0 spiro atoms. The molecule has 4 heterocycles. The quantitative estimate of drug-likeness (QED) is 0.539. The number of hydrogen-bond acceptors (Lipinski definition) is 5. The predicted octanol–water partition coefficient (Wildman–Crippen LogP) is 2.85. The van der Waals surface area contributed by atoms with Crippen LogP contribution in [0.2, 0.25) is 0 Å². The van der Waals surface area contributed by atoms with E-state index >= 15 is 0 Å². The summed E-state index contributed by atoms with van der Waals surface area (Å²) in [5, 5.41) is 10.6. The van der Waals surface area contributed by atoms with E-state index in [1.807, 2.05) is 36.0 Å². The molecule has 0 aromatic carbocycles. The van der Waals surface area contributed by atoms with Gasteiger partial charge in [-0.1, -0.05) is 0 Å². The number of fused-ring (bicyclic) bond motifs is 2. The van der Waals surface area contributed by atoms with Crippen molar-refractivity contribution < 1.29 is 13.6 Å². The third kappa shape index (κ3) is 2.71. The summed E-state index contributed by atoms with van der Waals surface area (Å²) in [6.45, 7) is 0. The van der Waals surface area contributed by atoms with E-state index in [-0.39, 0.29) is 24.1 Å². The number of aryl methyl sites for hydroxylation is 1. The fourth-order valence-corrected chi connectivity index (χ4v) is 3.78. The fraction of sp³-hybridized carbons (Fsp3) is 0.300. The highest BCUT2D eigenvalue weighted by molar-refractivity contribution is 6.01. The second-order valence-electron chi connectivity index (χ2n) is 7.42. The van der Waals surface area contributed by atoms with Crippen molar-refractivity contribution in [1.29, 1.82) is 0 Å². The van der Waals surface area contributed by atoms with Crippen LogP contribution in [0.1, 0.15) is 23.2 Å². The van der Waals surface area contributed by atoms with Gasteiger partial charge < -0.3 is 15.2 Å². The molecule has 0 aliphatic heterocycles. The summed E-state index contributed by atoms with van der Waals surface area (Å²) in [5.74, 6) is -2.87. The molecule has 1 atom stereocenters. The number of carbonyl (C=O) groups excluding carboxylic acids is 1. The lowest BCUT2D eigenvalue weighted by molar-refractivity contribution is -0.102. The molecular weight excluding hydrogens is 392 g/mol. The van der Waals surface area contributed by atoms with E-state index in [2.05, 4.69) is 25.7 Å². The number of carbonyl (C=O) groups is 1. The molecule has 0 bridgehead atoms. The number of anilines is 1. The zero-order valence-electron chi connectivity index (χ0n) is 16.4. The van der Waals surface area contributed by atoms with Crippen molar-refractivity contribution in [3.8, 4) is 11.3 Å². The zero-order valence-corrected chi connectivity index (χ0v) is 16.4. The van der Waals surface area contributed by atoms with Gasteiger partial charge in [0.05, 0.1) is 17.9 Å². The third-order valence-electron chi connectivity index (χ3n) is 5.56. The Kier molecular flexibility index (Phi) is 3.99. The van der Waals surface area contributed by atoms with E-state index < -0.39 is 17.9 Å². The standard InChI is InChI=1S/C20H19F2N7O/c1-23-16-8-14(13-10-28(2)17-11(13)4-3-7-24-17)26-18-12(9-25-29(16)18)19(30)27-15-5-6-20(15,21)22/h3-4,7-10,15,23H,5-6H2,1-2H3,(H,27,30). The third-order valence-corrected chi connectivity index (χ3v) is 5.56. The van der Waals surface area contributed by atoms with Crippen LogP contribution in [-0.2, 0) is 7.05 Å². The van der Waals surface area contributed by atoms with Crippen LogP contribution in [0.5, 0.6) is 0 Å². The molecule has 1 unspecified atom stereocenters. The first-order chi connectivity index (χ1) is 14.4. The molecule has 4 aromatic heterocycles. The monoisotopic (exact) mass is 411 g/mol. The first-order valence-corrected chi connectivity index (χ1v) is 9.54. The molecule has 1 aliphatic rings. The van der Waals surface area contributed by atoms with Gasteiger partial charge in [0.25, 0.3) is 11.8 Å². The Morgan fingerprint density at radius 1 is 1.33 bits per heavy atom. The highest BCUT2D eigenvalue weighted by atomic mass is 19.3. The SMILES string of the molecule is CNc1cc(-c2cn(C)c3ncccc23)nc2c(C(=O)NC3CCC3(F)F)cnn12. The number of rotatable bonds is 4. The number of halogens is 2. The first kappa shape index (κ1) is 18.5. The topological polar surface area (TPSA) is 89.1 Å². The number of nitrogens with one attached hydrogen (secondary N) is 2. The summed E-state index contributed by atoms with van der Waals surface area (Å²) in [5.41, 5.74) is 2.71. The van der Waals surface area contributed by atoms with Gasteiger partial charge in [0.2, 0.25) is 0 Å². The van der Waals surface area contributed by atoms with Crippen LogP contribution >= 0.6 is 0 Å². The maximum atomic E-state index is 13.6. The summed E-state index contributed by atoms with van der Waals surface area (Å²) in [6.07, 6.45) is 5.03. The maximum absolute atomic E-state index is 13.6. The van der Waals surface area contributed by atoms with E-state index in [4.69, 9.17) is 0 Å². The zero-order chi connectivity index (χ0) is 21.0. The van der Waals surface area contributed by atoms with E-state index in [9.17, 15) is 13.6 Å². The average molecular weight is 411 g/mol. The minimum absolute atomic E-state index is 0.148. The maximum Gasteiger partial charge on any atom is 0.267 e. The molecular formula is C20H19F2N7O. The van der Waals surface area contributed by atoms with Gasteiger partial charge in [0.1, 0.15) is 17.0 Å². The smallest absolute Gasteiger partial charge is 0.267 e. The lowest BCUT2D eigenvalue weighted by Crippen LogP contribution is -2.55. The molecule has 4 aromatic rings. The van der Waals surface area contributed by atoms with Crippen molar-refractivity contribution in [3.63, 3.8) is 0 Å². The number of alkyl halides is 2. The Labute approximate surface area is 169 Å². The summed E-state index contributed by atoms with van der Waals surface area (Å²) in [7, 11) is 3.63. The Hall–Kier alpha value is -3.56. The lowest BCUT2D eigenvalue weighted by Gasteiger charge is -2.36. The number of nitrogens with zero attached hydrogens (tertiary/aromatic N) is 5. The van der Waals surface area contributed by atoms with Crippen molar-refractivity contribution in [2.75, 3.05) is 12.4 Å². The molecule has 10 heteroatoms. The van der Waals surface area contributed by atoms with E-state index in [1.165, 1.54) is 10.7 Å². The Morgan fingerprint density at radius 3 is 2.87 bits per heavy atom. The predicted molar refractivity (Wildman–Crippen MR) is 108 cm³/mol. The summed E-state index contributed by atoms with van der Waals surface area (Å²) >= 11 is 0. The summed E-state index contributed by atoms with van der Waals surface area (Å²) in [4.78, 5) is 21.8. The highest BCUT2D eigenvalue weighted by Crippen LogP contribution is 2.38. The summed E-state index contributed by atoms with van der Waals surface area (Å²) in [6, 6.07) is 4.46. The number of amides is 1. The van der Waals surface area contributed by atoms with Gasteiger partial charge in [-0.3, -0.25) is 4.79 Å². The molecule has 2 N–H and O–H groups in total. The molecule has 154 valence electrons. The number of aromatic nitrogens is 5. The van der Waals surface area contributed by atoms with Gasteiger partial charge in [0.15, 0.2) is 5.65 Å². The number of hydrogen-bond donors (Lipinski definition) is 2. The van der Waals surface area contributed by atoms with Crippen LogP contribution in [-0.4, -0.2) is 49.1 Å². The Bertz CT molecular complexity index is 1290.